The van der Waals surface area contributed by atoms with Gasteiger partial charge in [-0.1, -0.05) is 50.9 Å². The molecule has 5 aromatic heterocycles. The summed E-state index contributed by atoms with van der Waals surface area (Å²) in [5.41, 5.74) is 1.28. The molecule has 5 aromatic rings. The molecule has 1 aliphatic carbocycles. The van der Waals surface area contributed by atoms with Crippen LogP contribution in [0.5, 0.6) is 0 Å². The fraction of sp³-hybridized carbons (Fsp3) is 0.462. The first-order chi connectivity index (χ1) is 48.6. The third-order valence-corrected chi connectivity index (χ3v) is 23.0. The number of nitrogens with zero attached hydrogens (tertiary/aromatic N) is 7. The van der Waals surface area contributed by atoms with Gasteiger partial charge in [-0.15, -0.1) is 57.1 Å². The number of thioether (sulfide) groups is 1. The first-order valence-corrected chi connectivity index (χ1v) is 37.4. The Morgan fingerprint density at radius 2 is 1.50 bits per heavy atom. The molecule has 38 heteroatoms. The lowest BCUT2D eigenvalue weighted by Gasteiger charge is -2.41. The van der Waals surface area contributed by atoms with Crippen LogP contribution in [0.1, 0.15) is 192 Å². The van der Waals surface area contributed by atoms with Crippen LogP contribution >= 0.6 is 69.3 Å². The number of carbonyl (C=O) groups is 9. The number of nitrogens with two attached hydrogens (primary N) is 1. The van der Waals surface area contributed by atoms with Crippen molar-refractivity contribution in [1.29, 1.82) is 0 Å². The lowest BCUT2D eigenvalue weighted by Crippen LogP contribution is -2.57. The summed E-state index contributed by atoms with van der Waals surface area (Å²) >= 11 is 11.1. The second-order valence-corrected chi connectivity index (χ2v) is 30.7. The predicted octanol–water partition coefficient (Wildman–Crippen LogP) is 1.66. The summed E-state index contributed by atoms with van der Waals surface area (Å²) in [6.07, 6.45) is -2.76. The van der Waals surface area contributed by atoms with E-state index in [-0.39, 0.29) is 105 Å². The number of primary amides is 1. The Morgan fingerprint density at radius 1 is 0.786 bits per heavy atom. The minimum absolute atomic E-state index is 0.00683. The number of aliphatic hydroxyl groups excluding tert-OH is 4. The van der Waals surface area contributed by atoms with Crippen molar-refractivity contribution >= 4 is 144 Å². The number of fused-ring (bicyclic) bond motifs is 7. The summed E-state index contributed by atoms with van der Waals surface area (Å²) in [5.74, 6) is -8.42. The largest absolute Gasteiger partial charge is 0.455 e. The summed E-state index contributed by atoms with van der Waals surface area (Å²) in [7, 11) is 0. The molecule has 8 amide bonds. The molecular formula is C65H77N17O15S6. The first kappa shape index (κ1) is 77.1. The molecule has 5 aliphatic rings. The maximum absolute atomic E-state index is 15.2. The quantitative estimate of drug-likeness (QED) is 0.0626. The average Bonchev–Trinajstić information content (AvgIpc) is 1.71. The van der Waals surface area contributed by atoms with Crippen LogP contribution in [0.25, 0.3) is 6.08 Å². The molecule has 16 atom stereocenters. The number of carbonyl (C=O) groups excluding carboxylic acids is 9. The minimum atomic E-state index is -2.10. The highest BCUT2D eigenvalue weighted by Crippen LogP contribution is 2.48. The number of aliphatic imine (C=N–C) groups is 2. The summed E-state index contributed by atoms with van der Waals surface area (Å²) in [6, 6.07) is -10.6. The van der Waals surface area contributed by atoms with Gasteiger partial charge in [-0.3, -0.25) is 53.7 Å². The predicted molar refractivity (Wildman–Crippen MR) is 386 cm³/mol. The number of thiazole rings is 4. The molecule has 0 spiro atoms. The number of cyclic esters (lactones) is 1. The van der Waals surface area contributed by atoms with Crippen LogP contribution in [0.15, 0.2) is 67.7 Å². The van der Waals surface area contributed by atoms with Crippen LogP contribution < -0.4 is 53.6 Å². The highest BCUT2D eigenvalue weighted by atomic mass is 32.2. The van der Waals surface area contributed by atoms with Crippen molar-refractivity contribution in [1.82, 2.24) is 72.8 Å². The van der Waals surface area contributed by atoms with E-state index >= 15 is 4.79 Å². The van der Waals surface area contributed by atoms with E-state index in [9.17, 15) is 63.9 Å². The van der Waals surface area contributed by atoms with Gasteiger partial charge in [-0.25, -0.2) is 29.7 Å². The molecule has 0 aromatic carbocycles. The number of nitrogens with one attached hydrogen (secondary N) is 9. The van der Waals surface area contributed by atoms with Crippen molar-refractivity contribution in [3.63, 3.8) is 0 Å². The number of pyridine rings is 1. The highest BCUT2D eigenvalue weighted by molar-refractivity contribution is 8.14. The van der Waals surface area contributed by atoms with E-state index in [4.69, 9.17) is 42.6 Å². The van der Waals surface area contributed by atoms with Gasteiger partial charge in [0.05, 0.1) is 58.9 Å². The number of ether oxygens (including phenoxy) is 1. The highest BCUT2D eigenvalue weighted by Gasteiger charge is 2.51. The van der Waals surface area contributed by atoms with Gasteiger partial charge in [0.2, 0.25) is 29.5 Å². The minimum Gasteiger partial charge on any atom is -0.455 e. The molecule has 10 rings (SSSR count). The van der Waals surface area contributed by atoms with Gasteiger partial charge in [0, 0.05) is 32.8 Å². The maximum atomic E-state index is 15.2. The Hall–Kier alpha value is -8.54. The Bertz CT molecular complexity index is 4370. The molecular weight excluding hydrogens is 1450 g/mol. The Balaban J connectivity index is 1.17. The van der Waals surface area contributed by atoms with Crippen molar-refractivity contribution in [2.75, 3.05) is 5.75 Å². The maximum Gasteiger partial charge on any atom is 0.357 e. The van der Waals surface area contributed by atoms with Gasteiger partial charge in [0.25, 0.3) is 17.7 Å². The Labute approximate surface area is 615 Å². The van der Waals surface area contributed by atoms with E-state index in [0.717, 1.165) is 57.1 Å². The first-order valence-electron chi connectivity index (χ1n) is 32.5. The smallest absolute Gasteiger partial charge is 0.357 e. The summed E-state index contributed by atoms with van der Waals surface area (Å²) in [6.45, 7) is 18.3. The van der Waals surface area contributed by atoms with Gasteiger partial charge in [0.15, 0.2) is 0 Å². The van der Waals surface area contributed by atoms with Crippen molar-refractivity contribution < 1.29 is 73.4 Å². The second-order valence-electron chi connectivity index (χ2n) is 25.8. The fourth-order valence-corrected chi connectivity index (χ4v) is 16.8. The number of rotatable bonds is 7. The van der Waals surface area contributed by atoms with Crippen LogP contribution in [-0.4, -0.2) is 185 Å². The molecule has 0 radical (unpaired) electrons. The summed E-state index contributed by atoms with van der Waals surface area (Å²) < 4.78 is 6.32. The van der Waals surface area contributed by atoms with E-state index < -0.39 is 161 Å². The normalized spacial score (nSPS) is 28.4. The zero-order chi connectivity index (χ0) is 75.0. The van der Waals surface area contributed by atoms with Gasteiger partial charge in [-0.05, 0) is 85.8 Å². The van der Waals surface area contributed by atoms with Crippen molar-refractivity contribution in [2.45, 2.75) is 178 Å². The summed E-state index contributed by atoms with van der Waals surface area (Å²) in [4.78, 5) is 162. The van der Waals surface area contributed by atoms with Crippen molar-refractivity contribution in [3.8, 4) is 0 Å². The van der Waals surface area contributed by atoms with Crippen LogP contribution in [0, 0.1) is 5.92 Å². The molecule has 548 valence electrons. The van der Waals surface area contributed by atoms with Crippen LogP contribution in [0.3, 0.4) is 0 Å². The Kier molecular flexibility index (Phi) is 23.5. The number of aliphatic hydroxyl groups is 5. The van der Waals surface area contributed by atoms with E-state index in [1.807, 2.05) is 0 Å². The molecule has 0 fully saturated rings. The van der Waals surface area contributed by atoms with E-state index in [0.29, 0.717) is 0 Å². The molecule has 16 N–H and O–H groups in total. The molecule has 16 unspecified atom stereocenters. The van der Waals surface area contributed by atoms with E-state index in [1.54, 1.807) is 38.3 Å². The molecule has 103 heavy (non-hydrogen) atoms. The zero-order valence-electron chi connectivity index (χ0n) is 57.1. The standard InChI is InChI=1S/C65H77N17O15S6/c1-12-33-58-76-39(20-100-58)54(92)81-48(64(11,96)30(10)85)61-77-41(22-102-61)57(98)80-44-29(9)97-62(95)36-17-32(27(7)83)31-13-14-34(46(86)45(31)71-36)70-42(23(2)3)55(93)69-25(5)51(89)67-24(4)50(88)68-26(6)52(90)82-65(63-78-40(21-103-63)53(91)79-43(28(8)84)56(94)73-33)16-15-35(59-75-38(19-99-59)49(66)87)72-47(65)37-18-101-60(44)74-37/h12-14,17-19,21-23,25-30,34,39,42-44,46-48,70,83-86,96H,4,15-16,20H2,1-3,5-11H3,(H2,66,87)(H,67,89)(H,68,88)(H,69,93)(H,73,94)(H,79,91)(H,80,98)(H,81,92)(H,82,90). The van der Waals surface area contributed by atoms with Gasteiger partial charge < -0.3 is 78.5 Å². The monoisotopic (exact) mass is 1530 g/mol. The molecule has 0 saturated carbocycles. The lowest BCUT2D eigenvalue weighted by atomic mass is 9.80. The molecule has 32 nitrogen and oxygen atoms in total. The van der Waals surface area contributed by atoms with Crippen LogP contribution in [-0.2, 0) is 39.0 Å². The fourth-order valence-electron chi connectivity index (χ4n) is 11.6. The third-order valence-electron chi connectivity index (χ3n) is 17.8. The number of esters is 1. The second kappa shape index (κ2) is 31.4. The lowest BCUT2D eigenvalue weighted by molar-refractivity contribution is -0.131. The van der Waals surface area contributed by atoms with Gasteiger partial charge >= 0.3 is 5.97 Å². The number of thiocarbonyl (C=S) groups is 1. The van der Waals surface area contributed by atoms with E-state index in [2.05, 4.69) is 69.4 Å². The third kappa shape index (κ3) is 16.4. The number of hydrogen-bond acceptors (Lipinski definition) is 29. The molecule has 4 aliphatic heterocycles. The summed E-state index contributed by atoms with van der Waals surface area (Å²) in [5, 5.41) is 89.3. The number of allylic oxidation sites excluding steroid dienone is 1. The molecule has 0 saturated heterocycles. The van der Waals surface area contributed by atoms with Gasteiger partial charge in [-0.2, -0.15) is 0 Å². The zero-order valence-corrected chi connectivity index (χ0v) is 62.0. The van der Waals surface area contributed by atoms with Crippen LogP contribution in [0.4, 0.5) is 0 Å². The van der Waals surface area contributed by atoms with Crippen molar-refractivity contribution in [3.05, 3.63) is 123 Å². The average molecular weight is 1530 g/mol. The topological polar surface area (TPSA) is 487 Å². The number of hydrogen-bond donors (Lipinski definition) is 15. The number of aromatic nitrogens is 5. The number of amides is 8. The molecule has 13 bridgehead atoms. The Morgan fingerprint density at radius 3 is 2.17 bits per heavy atom. The van der Waals surface area contributed by atoms with Crippen molar-refractivity contribution in [2.24, 2.45) is 21.6 Å². The van der Waals surface area contributed by atoms with E-state index in [1.165, 1.54) is 76.7 Å². The molecule has 9 heterocycles. The van der Waals surface area contributed by atoms with Gasteiger partial charge in [0.1, 0.15) is 118 Å². The SMILES string of the molecule is C=C1NC(=O)C(C)NC(=O)C(C(C)C)NC2C=Cc3c(C(C)O)cc(nc3C2O)C(=O)OC(C)C2NC(=S)c3csc(n3)C(C(C)(O)C(C)O)NC(=O)C3CSC(=N3)C(=CC)NC(=O)C(C(C)O)NC(=O)c3csc(n3)C3(CCC(c4nc(C(N)=O)cs4)=NC3c3csc2n3)NC(=O)C(C)NC1=O. The van der Waals surface area contributed by atoms with Crippen LogP contribution in [0.2, 0.25) is 0 Å².